The Morgan fingerprint density at radius 1 is 1.23 bits per heavy atom. The highest BCUT2D eigenvalue weighted by Crippen LogP contribution is 2.28. The van der Waals surface area contributed by atoms with Crippen LogP contribution in [0, 0.1) is 6.92 Å². The summed E-state index contributed by atoms with van der Waals surface area (Å²) in [6.07, 6.45) is 7.58. The van der Waals surface area contributed by atoms with Crippen LogP contribution in [0.4, 0.5) is 0 Å². The first-order valence-electron chi connectivity index (χ1n) is 4.15. The van der Waals surface area contributed by atoms with Gasteiger partial charge in [-0.2, -0.15) is 0 Å². The minimum Gasteiger partial charge on any atom is -0.252 e. The first-order valence-corrected chi connectivity index (χ1v) is 4.97. The molecule has 66 valence electrons. The molecule has 0 aromatic carbocycles. The summed E-state index contributed by atoms with van der Waals surface area (Å²) in [5.74, 6) is 0. The van der Waals surface area contributed by atoms with Crippen molar-refractivity contribution in [3.63, 3.8) is 0 Å². The molecule has 0 amide bonds. The molecule has 0 aliphatic rings. The summed E-state index contributed by atoms with van der Waals surface area (Å²) in [6.45, 7) is 4.09. The Hall–Kier alpha value is -1.22. The van der Waals surface area contributed by atoms with Gasteiger partial charge in [-0.1, -0.05) is 6.08 Å². The molecular formula is C10H10N2S. The first-order chi connectivity index (χ1) is 6.33. The fourth-order valence-corrected chi connectivity index (χ4v) is 2.33. The highest BCUT2D eigenvalue weighted by atomic mass is 32.1. The van der Waals surface area contributed by atoms with Crippen LogP contribution in [-0.4, -0.2) is 9.97 Å². The fourth-order valence-electron chi connectivity index (χ4n) is 1.30. The highest BCUT2D eigenvalue weighted by molar-refractivity contribution is 7.14. The number of hydrogen-bond donors (Lipinski definition) is 0. The van der Waals surface area contributed by atoms with Gasteiger partial charge >= 0.3 is 0 Å². The summed E-state index contributed by atoms with van der Waals surface area (Å²) in [7, 11) is 0. The predicted octanol–water partition coefficient (Wildman–Crippen LogP) is 3.03. The lowest BCUT2D eigenvalue weighted by Gasteiger charge is -1.88. The standard InChI is InChI=1S/C10H10N2S/c1-3-4-8-10-9(7(2)13-8)11-5-6-12-10/h3-6H,1-2H3. The van der Waals surface area contributed by atoms with Crippen LogP contribution < -0.4 is 0 Å². The summed E-state index contributed by atoms with van der Waals surface area (Å²) in [6, 6.07) is 0. The summed E-state index contributed by atoms with van der Waals surface area (Å²) >= 11 is 1.74. The van der Waals surface area contributed by atoms with Gasteiger partial charge in [0.1, 0.15) is 11.0 Å². The maximum Gasteiger partial charge on any atom is 0.107 e. The number of aromatic nitrogens is 2. The number of hydrogen-bond acceptors (Lipinski definition) is 3. The van der Waals surface area contributed by atoms with E-state index < -0.39 is 0 Å². The zero-order valence-corrected chi connectivity index (χ0v) is 8.43. The van der Waals surface area contributed by atoms with E-state index in [0.29, 0.717) is 0 Å². The van der Waals surface area contributed by atoms with Gasteiger partial charge < -0.3 is 0 Å². The Kier molecular flexibility index (Phi) is 2.10. The molecule has 0 aliphatic heterocycles. The van der Waals surface area contributed by atoms with Crippen molar-refractivity contribution in [3.05, 3.63) is 28.2 Å². The Morgan fingerprint density at radius 2 is 1.92 bits per heavy atom. The van der Waals surface area contributed by atoms with Crippen molar-refractivity contribution in [1.82, 2.24) is 9.97 Å². The maximum atomic E-state index is 4.32. The predicted molar refractivity (Wildman–Crippen MR) is 56.9 cm³/mol. The molecule has 3 heteroatoms. The van der Waals surface area contributed by atoms with Gasteiger partial charge in [-0.05, 0) is 19.9 Å². The van der Waals surface area contributed by atoms with Gasteiger partial charge in [0.05, 0.1) is 4.88 Å². The number of nitrogens with zero attached hydrogens (tertiary/aromatic N) is 2. The van der Waals surface area contributed by atoms with E-state index in [2.05, 4.69) is 23.0 Å². The van der Waals surface area contributed by atoms with E-state index in [-0.39, 0.29) is 0 Å². The quantitative estimate of drug-likeness (QED) is 0.690. The Bertz CT molecular complexity index is 457. The lowest BCUT2D eigenvalue weighted by atomic mass is 10.3. The molecule has 0 saturated heterocycles. The van der Waals surface area contributed by atoms with Crippen molar-refractivity contribution in [2.45, 2.75) is 13.8 Å². The molecule has 0 aliphatic carbocycles. The van der Waals surface area contributed by atoms with Crippen molar-refractivity contribution in [2.75, 3.05) is 0 Å². The third-order valence-electron chi connectivity index (χ3n) is 1.85. The molecule has 0 bridgehead atoms. The molecule has 0 unspecified atom stereocenters. The molecular weight excluding hydrogens is 180 g/mol. The number of fused-ring (bicyclic) bond motifs is 1. The Labute approximate surface area is 81.0 Å². The average Bonchev–Trinajstić information content (AvgIpc) is 2.46. The molecule has 0 fully saturated rings. The third kappa shape index (κ3) is 1.35. The van der Waals surface area contributed by atoms with Gasteiger partial charge in [0.15, 0.2) is 0 Å². The second kappa shape index (κ2) is 3.26. The van der Waals surface area contributed by atoms with Crippen molar-refractivity contribution in [3.8, 4) is 0 Å². The van der Waals surface area contributed by atoms with E-state index in [1.54, 1.807) is 23.7 Å². The SMILES string of the molecule is CC=Cc1sc(C)c2nccnc12. The van der Waals surface area contributed by atoms with Crippen LogP contribution in [0.1, 0.15) is 16.7 Å². The minimum atomic E-state index is 1.02. The smallest absolute Gasteiger partial charge is 0.107 e. The number of allylic oxidation sites excluding steroid dienone is 1. The molecule has 2 aromatic heterocycles. The fraction of sp³-hybridized carbons (Fsp3) is 0.200. The molecule has 0 N–H and O–H groups in total. The lowest BCUT2D eigenvalue weighted by Crippen LogP contribution is -1.78. The molecule has 0 radical (unpaired) electrons. The van der Waals surface area contributed by atoms with E-state index in [1.807, 2.05) is 13.0 Å². The van der Waals surface area contributed by atoms with E-state index in [1.165, 1.54) is 9.75 Å². The summed E-state index contributed by atoms with van der Waals surface area (Å²) in [5, 5.41) is 0. The van der Waals surface area contributed by atoms with Crippen LogP contribution in [0.2, 0.25) is 0 Å². The molecule has 2 nitrogen and oxygen atoms in total. The van der Waals surface area contributed by atoms with Gasteiger partial charge in [0.25, 0.3) is 0 Å². The van der Waals surface area contributed by atoms with Crippen molar-refractivity contribution >= 4 is 28.4 Å². The number of thiophene rings is 1. The molecule has 2 heterocycles. The Morgan fingerprint density at radius 3 is 2.62 bits per heavy atom. The van der Waals surface area contributed by atoms with E-state index in [9.17, 15) is 0 Å². The second-order valence-corrected chi connectivity index (χ2v) is 4.03. The van der Waals surface area contributed by atoms with Crippen LogP contribution in [0.25, 0.3) is 17.1 Å². The van der Waals surface area contributed by atoms with Gasteiger partial charge in [-0.25, -0.2) is 0 Å². The average molecular weight is 190 g/mol. The van der Waals surface area contributed by atoms with Crippen molar-refractivity contribution in [1.29, 1.82) is 0 Å². The topological polar surface area (TPSA) is 25.8 Å². The highest BCUT2D eigenvalue weighted by Gasteiger charge is 2.06. The van der Waals surface area contributed by atoms with Gasteiger partial charge in [0, 0.05) is 17.3 Å². The van der Waals surface area contributed by atoms with Gasteiger partial charge in [-0.3, -0.25) is 9.97 Å². The summed E-state index contributed by atoms with van der Waals surface area (Å²) in [5.41, 5.74) is 2.05. The molecule has 2 aromatic rings. The number of aryl methyl sites for hydroxylation is 1. The van der Waals surface area contributed by atoms with Crippen LogP contribution in [0.15, 0.2) is 18.5 Å². The van der Waals surface area contributed by atoms with Gasteiger partial charge in [0.2, 0.25) is 0 Å². The lowest BCUT2D eigenvalue weighted by molar-refractivity contribution is 1.30. The third-order valence-corrected chi connectivity index (χ3v) is 2.90. The molecule has 2 rings (SSSR count). The molecule has 0 atom stereocenters. The van der Waals surface area contributed by atoms with Crippen molar-refractivity contribution in [2.24, 2.45) is 0 Å². The van der Waals surface area contributed by atoms with Crippen molar-refractivity contribution < 1.29 is 0 Å². The van der Waals surface area contributed by atoms with E-state index >= 15 is 0 Å². The van der Waals surface area contributed by atoms with E-state index in [0.717, 1.165) is 11.0 Å². The van der Waals surface area contributed by atoms with Gasteiger partial charge in [-0.15, -0.1) is 11.3 Å². The molecule has 0 saturated carbocycles. The zero-order valence-electron chi connectivity index (χ0n) is 7.61. The monoisotopic (exact) mass is 190 g/mol. The zero-order chi connectivity index (χ0) is 9.26. The largest absolute Gasteiger partial charge is 0.252 e. The van der Waals surface area contributed by atoms with Crippen LogP contribution in [-0.2, 0) is 0 Å². The molecule has 0 spiro atoms. The van der Waals surface area contributed by atoms with Crippen LogP contribution in [0.5, 0.6) is 0 Å². The second-order valence-electron chi connectivity index (χ2n) is 2.78. The van der Waals surface area contributed by atoms with Crippen LogP contribution in [0.3, 0.4) is 0 Å². The normalized spacial score (nSPS) is 11.5. The summed E-state index contributed by atoms with van der Waals surface area (Å²) < 4.78 is 0. The summed E-state index contributed by atoms with van der Waals surface area (Å²) in [4.78, 5) is 11.0. The first kappa shape index (κ1) is 8.38. The maximum absolute atomic E-state index is 4.32. The van der Waals surface area contributed by atoms with E-state index in [4.69, 9.17) is 0 Å². The Balaban J connectivity index is 2.77. The minimum absolute atomic E-state index is 1.02. The van der Waals surface area contributed by atoms with Crippen LogP contribution >= 0.6 is 11.3 Å². The molecule has 13 heavy (non-hydrogen) atoms. The number of rotatable bonds is 1.